The highest BCUT2D eigenvalue weighted by Crippen LogP contribution is 2.26. The Balaban J connectivity index is 1.77. The van der Waals surface area contributed by atoms with Gasteiger partial charge in [-0.1, -0.05) is 17.8 Å². The van der Waals surface area contributed by atoms with Crippen molar-refractivity contribution < 1.29 is 18.0 Å². The second kappa shape index (κ2) is 8.01. The second-order valence-corrected chi connectivity index (χ2v) is 7.50. The van der Waals surface area contributed by atoms with E-state index < -0.39 is 34.3 Å². The summed E-state index contributed by atoms with van der Waals surface area (Å²) in [7, 11) is 0. The summed E-state index contributed by atoms with van der Waals surface area (Å²) < 4.78 is 41.6. The van der Waals surface area contributed by atoms with E-state index in [2.05, 4.69) is 20.8 Å². The van der Waals surface area contributed by atoms with Gasteiger partial charge in [-0.2, -0.15) is 4.68 Å². The Bertz CT molecular complexity index is 1020. The van der Waals surface area contributed by atoms with Crippen molar-refractivity contribution in [3.63, 3.8) is 0 Å². The fourth-order valence-corrected chi connectivity index (χ4v) is 3.36. The molecule has 0 aliphatic carbocycles. The Hall–Kier alpha value is -2.88. The van der Waals surface area contributed by atoms with Crippen LogP contribution in [0.15, 0.2) is 35.5 Å². The van der Waals surface area contributed by atoms with E-state index in [1.165, 1.54) is 4.68 Å². The molecule has 2 aromatic carbocycles. The number of hydrogen-bond acceptors (Lipinski definition) is 5. The topological polar surface area (TPSA) is 72.7 Å². The first-order valence-electron chi connectivity index (χ1n) is 8.24. The maximum absolute atomic E-state index is 13.8. The largest absolute Gasteiger partial charge is 0.323 e. The molecule has 10 heteroatoms. The number of carbonyl (C=O) groups excluding carboxylic acids is 1. The Labute approximate surface area is 163 Å². The molecular weight excluding hydrogens is 391 g/mol. The zero-order valence-corrected chi connectivity index (χ0v) is 16.0. The highest BCUT2D eigenvalue weighted by atomic mass is 32.2. The lowest BCUT2D eigenvalue weighted by Gasteiger charge is -2.13. The van der Waals surface area contributed by atoms with Gasteiger partial charge >= 0.3 is 0 Å². The number of aromatic nitrogens is 4. The standard InChI is InChI=1S/C18H16F3N5OS/c1-9-6-10(2)8-12(7-9)26-18(23-24-25-26)28-11(3)17(27)22-14-5-4-13(19)15(20)16(14)21/h4-8,11H,1-3H3,(H,22,27)/t11-/m0/s1. The van der Waals surface area contributed by atoms with Gasteiger partial charge in [0.15, 0.2) is 17.5 Å². The number of benzene rings is 2. The van der Waals surface area contributed by atoms with Crippen LogP contribution in [0.4, 0.5) is 18.9 Å². The van der Waals surface area contributed by atoms with E-state index in [9.17, 15) is 18.0 Å². The number of nitrogens with zero attached hydrogens (tertiary/aromatic N) is 4. The Kier molecular flexibility index (Phi) is 5.68. The van der Waals surface area contributed by atoms with Crippen LogP contribution in [0.5, 0.6) is 0 Å². The monoisotopic (exact) mass is 407 g/mol. The number of anilines is 1. The third kappa shape index (κ3) is 4.16. The molecule has 1 atom stereocenters. The third-order valence-electron chi connectivity index (χ3n) is 3.84. The maximum Gasteiger partial charge on any atom is 0.237 e. The molecule has 1 aromatic heterocycles. The number of aryl methyl sites for hydroxylation is 2. The number of halogens is 3. The number of nitrogens with one attached hydrogen (secondary N) is 1. The lowest BCUT2D eigenvalue weighted by atomic mass is 10.1. The number of thioether (sulfide) groups is 1. The minimum atomic E-state index is -1.64. The third-order valence-corrected chi connectivity index (χ3v) is 4.87. The van der Waals surface area contributed by atoms with Crippen LogP contribution >= 0.6 is 11.8 Å². The predicted molar refractivity (Wildman–Crippen MR) is 98.9 cm³/mol. The van der Waals surface area contributed by atoms with E-state index in [0.717, 1.165) is 40.7 Å². The van der Waals surface area contributed by atoms with Crippen molar-refractivity contribution in [1.29, 1.82) is 0 Å². The average molecular weight is 407 g/mol. The van der Waals surface area contributed by atoms with Gasteiger partial charge in [0.2, 0.25) is 11.1 Å². The van der Waals surface area contributed by atoms with Crippen LogP contribution in [0.3, 0.4) is 0 Å². The second-order valence-electron chi connectivity index (χ2n) is 6.19. The van der Waals surface area contributed by atoms with E-state index in [0.29, 0.717) is 5.16 Å². The molecule has 1 amide bonds. The summed E-state index contributed by atoms with van der Waals surface area (Å²) in [5.41, 5.74) is 2.36. The van der Waals surface area contributed by atoms with Crippen molar-refractivity contribution in [2.45, 2.75) is 31.2 Å². The zero-order chi connectivity index (χ0) is 20.4. The van der Waals surface area contributed by atoms with Crippen molar-refractivity contribution >= 4 is 23.4 Å². The van der Waals surface area contributed by atoms with Gasteiger partial charge in [-0.15, -0.1) is 5.10 Å². The number of carbonyl (C=O) groups is 1. The molecule has 3 rings (SSSR count). The molecule has 0 aliphatic heterocycles. The highest BCUT2D eigenvalue weighted by Gasteiger charge is 2.22. The summed E-state index contributed by atoms with van der Waals surface area (Å²) in [6, 6.07) is 7.51. The molecule has 0 aliphatic rings. The molecule has 1 N–H and O–H groups in total. The van der Waals surface area contributed by atoms with Crippen LogP contribution in [0, 0.1) is 31.3 Å². The molecule has 28 heavy (non-hydrogen) atoms. The van der Waals surface area contributed by atoms with Crippen molar-refractivity contribution in [2.75, 3.05) is 5.32 Å². The van der Waals surface area contributed by atoms with Crippen LogP contribution in [-0.4, -0.2) is 31.4 Å². The van der Waals surface area contributed by atoms with Gasteiger partial charge in [-0.3, -0.25) is 4.79 Å². The molecule has 146 valence electrons. The minimum absolute atomic E-state index is 0.360. The van der Waals surface area contributed by atoms with E-state index in [1.807, 2.05) is 32.0 Å². The van der Waals surface area contributed by atoms with E-state index in [4.69, 9.17) is 0 Å². The summed E-state index contributed by atoms with van der Waals surface area (Å²) >= 11 is 1.05. The molecule has 1 heterocycles. The van der Waals surface area contributed by atoms with Gasteiger partial charge < -0.3 is 5.32 Å². The van der Waals surface area contributed by atoms with E-state index >= 15 is 0 Å². The number of rotatable bonds is 5. The van der Waals surface area contributed by atoms with Crippen LogP contribution in [0.2, 0.25) is 0 Å². The number of tetrazole rings is 1. The molecule has 0 spiro atoms. The minimum Gasteiger partial charge on any atom is -0.323 e. The molecular formula is C18H16F3N5OS. The molecule has 0 unspecified atom stereocenters. The van der Waals surface area contributed by atoms with Gasteiger partial charge in [-0.25, -0.2) is 13.2 Å². The van der Waals surface area contributed by atoms with Crippen LogP contribution in [0.1, 0.15) is 18.1 Å². The quantitative estimate of drug-likeness (QED) is 0.514. The Morgan fingerprint density at radius 1 is 1.11 bits per heavy atom. The zero-order valence-electron chi connectivity index (χ0n) is 15.2. The summed E-state index contributed by atoms with van der Waals surface area (Å²) in [4.78, 5) is 12.4. The maximum atomic E-state index is 13.8. The first kappa shape index (κ1) is 19.9. The Morgan fingerprint density at radius 2 is 1.79 bits per heavy atom. The van der Waals surface area contributed by atoms with E-state index in [-0.39, 0.29) is 0 Å². The molecule has 0 radical (unpaired) electrons. The predicted octanol–water partition coefficient (Wildman–Crippen LogP) is 3.82. The number of hydrogen-bond donors (Lipinski definition) is 1. The van der Waals surface area contributed by atoms with Gasteiger partial charge in [0.25, 0.3) is 0 Å². The van der Waals surface area contributed by atoms with E-state index in [1.54, 1.807) is 6.92 Å². The van der Waals surface area contributed by atoms with Gasteiger partial charge in [-0.05, 0) is 66.6 Å². The number of amides is 1. The van der Waals surface area contributed by atoms with Crippen molar-refractivity contribution in [1.82, 2.24) is 20.2 Å². The van der Waals surface area contributed by atoms with Gasteiger partial charge in [0, 0.05) is 0 Å². The average Bonchev–Trinajstić information content (AvgIpc) is 3.09. The lowest BCUT2D eigenvalue weighted by Crippen LogP contribution is -2.23. The van der Waals surface area contributed by atoms with Crippen molar-refractivity contribution in [2.24, 2.45) is 0 Å². The van der Waals surface area contributed by atoms with Gasteiger partial charge in [0.1, 0.15) is 0 Å². The Morgan fingerprint density at radius 3 is 2.46 bits per heavy atom. The lowest BCUT2D eigenvalue weighted by molar-refractivity contribution is -0.115. The van der Waals surface area contributed by atoms with Crippen LogP contribution < -0.4 is 5.32 Å². The molecule has 0 fully saturated rings. The van der Waals surface area contributed by atoms with Crippen molar-refractivity contribution in [3.05, 3.63) is 58.9 Å². The molecule has 0 saturated carbocycles. The molecule has 3 aromatic rings. The van der Waals surface area contributed by atoms with Gasteiger partial charge in [0.05, 0.1) is 16.6 Å². The molecule has 0 saturated heterocycles. The molecule has 6 nitrogen and oxygen atoms in total. The van der Waals surface area contributed by atoms with Crippen LogP contribution in [0.25, 0.3) is 5.69 Å². The summed E-state index contributed by atoms with van der Waals surface area (Å²) in [6.07, 6.45) is 0. The highest BCUT2D eigenvalue weighted by molar-refractivity contribution is 8.00. The summed E-state index contributed by atoms with van der Waals surface area (Å²) in [5.74, 6) is -5.03. The fourth-order valence-electron chi connectivity index (χ4n) is 2.56. The SMILES string of the molecule is Cc1cc(C)cc(-n2nnnc2S[C@@H](C)C(=O)Nc2ccc(F)c(F)c2F)c1. The van der Waals surface area contributed by atoms with Crippen LogP contribution in [-0.2, 0) is 4.79 Å². The first-order valence-corrected chi connectivity index (χ1v) is 9.12. The summed E-state index contributed by atoms with van der Waals surface area (Å²) in [5, 5.41) is 13.4. The first-order chi connectivity index (χ1) is 13.3. The molecule has 0 bridgehead atoms. The smallest absolute Gasteiger partial charge is 0.237 e. The normalized spacial score (nSPS) is 12.1. The van der Waals surface area contributed by atoms with Crippen molar-refractivity contribution in [3.8, 4) is 5.69 Å². The fraction of sp³-hybridized carbons (Fsp3) is 0.222. The summed E-state index contributed by atoms with van der Waals surface area (Å²) in [6.45, 7) is 5.46.